The van der Waals surface area contributed by atoms with E-state index >= 15 is 0 Å². The van der Waals surface area contributed by atoms with Crippen molar-refractivity contribution in [1.82, 2.24) is 16.0 Å². The first-order valence-corrected chi connectivity index (χ1v) is 10.8. The Labute approximate surface area is 212 Å². The number of carbonyl (C=O) groups is 1. The van der Waals surface area contributed by atoms with Gasteiger partial charge in [-0.25, -0.2) is 4.99 Å². The van der Waals surface area contributed by atoms with Gasteiger partial charge in [0.05, 0.1) is 26.0 Å². The molecule has 3 N–H and O–H groups in total. The predicted octanol–water partition coefficient (Wildman–Crippen LogP) is 4.48. The summed E-state index contributed by atoms with van der Waals surface area (Å²) in [6.07, 6.45) is 1.59. The van der Waals surface area contributed by atoms with Gasteiger partial charge in [0, 0.05) is 24.2 Å². The first-order valence-electron chi connectivity index (χ1n) is 10.8. The van der Waals surface area contributed by atoms with Crippen LogP contribution in [0.5, 0.6) is 5.75 Å². The molecule has 0 saturated carbocycles. The number of benzene rings is 2. The minimum Gasteiger partial charge on any atom is -0.494 e. The Bertz CT molecular complexity index is 1020. The maximum Gasteiger partial charge on any atom is 0.251 e. The van der Waals surface area contributed by atoms with Crippen LogP contribution in [0.3, 0.4) is 0 Å². The van der Waals surface area contributed by atoms with Crippen molar-refractivity contribution in [3.05, 3.63) is 89.4 Å². The standard InChI is InChI=1S/C25H30N4O3.HI/c1-3-26-25(29-17-21-10-5-6-13-23(21)31-4-2)28-16-19-9-7-11-20(15-19)24(30)27-18-22-12-8-14-32-22;/h5-15H,3-4,16-18H2,1-2H3,(H,27,30)(H2,26,28,29);1H. The highest BCUT2D eigenvalue weighted by Gasteiger charge is 2.08. The first kappa shape index (κ1) is 26.2. The van der Waals surface area contributed by atoms with E-state index in [0.29, 0.717) is 43.5 Å². The summed E-state index contributed by atoms with van der Waals surface area (Å²) >= 11 is 0. The molecule has 3 rings (SSSR count). The molecule has 1 amide bonds. The normalized spacial score (nSPS) is 10.8. The van der Waals surface area contributed by atoms with E-state index in [0.717, 1.165) is 23.4 Å². The van der Waals surface area contributed by atoms with Gasteiger partial charge in [-0.2, -0.15) is 0 Å². The van der Waals surface area contributed by atoms with Crippen LogP contribution >= 0.6 is 24.0 Å². The number of halogens is 1. The first-order chi connectivity index (χ1) is 15.7. The third-order valence-electron chi connectivity index (χ3n) is 4.68. The van der Waals surface area contributed by atoms with Gasteiger partial charge in [0.15, 0.2) is 5.96 Å². The maximum absolute atomic E-state index is 12.5. The van der Waals surface area contributed by atoms with Gasteiger partial charge in [0.1, 0.15) is 11.5 Å². The molecular formula is C25H31IN4O3. The molecule has 0 spiro atoms. The summed E-state index contributed by atoms with van der Waals surface area (Å²) in [4.78, 5) is 17.1. The van der Waals surface area contributed by atoms with Gasteiger partial charge in [-0.15, -0.1) is 24.0 Å². The molecule has 7 nitrogen and oxygen atoms in total. The van der Waals surface area contributed by atoms with E-state index < -0.39 is 0 Å². The molecule has 0 bridgehead atoms. The van der Waals surface area contributed by atoms with Crippen LogP contribution in [0.15, 0.2) is 76.3 Å². The Kier molecular flexibility index (Phi) is 11.3. The van der Waals surface area contributed by atoms with Crippen LogP contribution in [0, 0.1) is 0 Å². The topological polar surface area (TPSA) is 87.9 Å². The summed E-state index contributed by atoms with van der Waals surface area (Å²) in [6.45, 7) is 6.76. The molecule has 176 valence electrons. The lowest BCUT2D eigenvalue weighted by Crippen LogP contribution is -2.36. The van der Waals surface area contributed by atoms with Crippen molar-refractivity contribution < 1.29 is 13.9 Å². The van der Waals surface area contributed by atoms with Gasteiger partial charge in [-0.05, 0) is 49.7 Å². The third kappa shape index (κ3) is 8.45. The fourth-order valence-electron chi connectivity index (χ4n) is 3.13. The van der Waals surface area contributed by atoms with Gasteiger partial charge in [0.2, 0.25) is 0 Å². The van der Waals surface area contributed by atoms with Crippen molar-refractivity contribution in [1.29, 1.82) is 0 Å². The predicted molar refractivity (Wildman–Crippen MR) is 141 cm³/mol. The van der Waals surface area contributed by atoms with Crippen LogP contribution in [0.4, 0.5) is 0 Å². The lowest BCUT2D eigenvalue weighted by molar-refractivity contribution is 0.0948. The number of amides is 1. The summed E-state index contributed by atoms with van der Waals surface area (Å²) in [5.74, 6) is 2.13. The summed E-state index contributed by atoms with van der Waals surface area (Å²) in [7, 11) is 0. The molecule has 0 atom stereocenters. The zero-order valence-corrected chi connectivity index (χ0v) is 21.3. The molecule has 0 saturated heterocycles. The van der Waals surface area contributed by atoms with E-state index in [4.69, 9.17) is 9.15 Å². The third-order valence-corrected chi connectivity index (χ3v) is 4.68. The number of hydrogen-bond acceptors (Lipinski definition) is 4. The molecule has 0 radical (unpaired) electrons. The van der Waals surface area contributed by atoms with Crippen LogP contribution in [0.25, 0.3) is 0 Å². The van der Waals surface area contributed by atoms with Crippen molar-refractivity contribution in [2.24, 2.45) is 4.99 Å². The SMILES string of the molecule is CCNC(=NCc1cccc(C(=O)NCc2ccco2)c1)NCc1ccccc1OCC.I. The Morgan fingerprint density at radius 1 is 0.970 bits per heavy atom. The molecular weight excluding hydrogens is 531 g/mol. The average molecular weight is 562 g/mol. The Balaban J connectivity index is 0.00000385. The second kappa shape index (κ2) is 14.2. The summed E-state index contributed by atoms with van der Waals surface area (Å²) in [5.41, 5.74) is 2.60. The number of carbonyl (C=O) groups excluding carboxylic acids is 1. The summed E-state index contributed by atoms with van der Waals surface area (Å²) in [5, 5.41) is 9.47. The number of hydrogen-bond donors (Lipinski definition) is 3. The lowest BCUT2D eigenvalue weighted by Gasteiger charge is -2.14. The number of aliphatic imine (C=N–C) groups is 1. The Morgan fingerprint density at radius 3 is 2.58 bits per heavy atom. The molecule has 0 aliphatic carbocycles. The number of para-hydroxylation sites is 1. The number of guanidine groups is 1. The van der Waals surface area contributed by atoms with Gasteiger partial charge in [-0.3, -0.25) is 4.79 Å². The lowest BCUT2D eigenvalue weighted by atomic mass is 10.1. The van der Waals surface area contributed by atoms with Crippen molar-refractivity contribution in [3.63, 3.8) is 0 Å². The maximum atomic E-state index is 12.5. The molecule has 0 unspecified atom stereocenters. The highest BCUT2D eigenvalue weighted by molar-refractivity contribution is 14.0. The number of furan rings is 1. The van der Waals surface area contributed by atoms with Crippen molar-refractivity contribution in [2.75, 3.05) is 13.2 Å². The van der Waals surface area contributed by atoms with Gasteiger partial charge in [-0.1, -0.05) is 30.3 Å². The van der Waals surface area contributed by atoms with E-state index in [9.17, 15) is 4.79 Å². The molecule has 8 heteroatoms. The second-order valence-electron chi connectivity index (χ2n) is 7.05. The molecule has 2 aromatic carbocycles. The second-order valence-corrected chi connectivity index (χ2v) is 7.05. The van der Waals surface area contributed by atoms with Crippen LogP contribution in [0.1, 0.15) is 41.1 Å². The number of rotatable bonds is 10. The van der Waals surface area contributed by atoms with Gasteiger partial charge in [0.25, 0.3) is 5.91 Å². The van der Waals surface area contributed by atoms with Gasteiger partial charge >= 0.3 is 0 Å². The average Bonchev–Trinajstić information content (AvgIpc) is 3.34. The smallest absolute Gasteiger partial charge is 0.251 e. The summed E-state index contributed by atoms with van der Waals surface area (Å²) < 4.78 is 10.9. The molecule has 0 aliphatic heterocycles. The van der Waals surface area contributed by atoms with E-state index in [1.807, 2.05) is 62.4 Å². The van der Waals surface area contributed by atoms with E-state index in [2.05, 4.69) is 20.9 Å². The number of ether oxygens (including phenoxy) is 1. The molecule has 33 heavy (non-hydrogen) atoms. The van der Waals surface area contributed by atoms with Crippen LogP contribution in [0.2, 0.25) is 0 Å². The molecule has 1 heterocycles. The molecule has 0 fully saturated rings. The highest BCUT2D eigenvalue weighted by atomic mass is 127. The largest absolute Gasteiger partial charge is 0.494 e. The van der Waals surface area contributed by atoms with Gasteiger partial charge < -0.3 is 25.1 Å². The monoisotopic (exact) mass is 562 g/mol. The zero-order chi connectivity index (χ0) is 22.6. The molecule has 0 aliphatic rings. The van der Waals surface area contributed by atoms with Crippen LogP contribution in [-0.4, -0.2) is 25.0 Å². The minimum atomic E-state index is -0.148. The highest BCUT2D eigenvalue weighted by Crippen LogP contribution is 2.17. The van der Waals surface area contributed by atoms with Crippen molar-refractivity contribution in [3.8, 4) is 5.75 Å². The summed E-state index contributed by atoms with van der Waals surface area (Å²) in [6, 6.07) is 19.1. The van der Waals surface area contributed by atoms with Crippen LogP contribution in [-0.2, 0) is 19.6 Å². The van der Waals surface area contributed by atoms with E-state index in [1.165, 1.54) is 0 Å². The van der Waals surface area contributed by atoms with Crippen molar-refractivity contribution >= 4 is 35.8 Å². The Hall–Kier alpha value is -3.01. The quantitative estimate of drug-likeness (QED) is 0.193. The fourth-order valence-corrected chi connectivity index (χ4v) is 3.13. The fraction of sp³-hybridized carbons (Fsp3) is 0.280. The minimum absolute atomic E-state index is 0. The van der Waals surface area contributed by atoms with Crippen LogP contribution < -0.4 is 20.7 Å². The number of nitrogens with zero attached hydrogens (tertiary/aromatic N) is 1. The van der Waals surface area contributed by atoms with E-state index in [-0.39, 0.29) is 29.9 Å². The molecule has 1 aromatic heterocycles. The van der Waals surface area contributed by atoms with E-state index in [1.54, 1.807) is 18.4 Å². The number of nitrogens with one attached hydrogen (secondary N) is 3. The molecule has 3 aromatic rings. The Morgan fingerprint density at radius 2 is 1.82 bits per heavy atom. The zero-order valence-electron chi connectivity index (χ0n) is 19.0. The van der Waals surface area contributed by atoms with Crippen molar-refractivity contribution in [2.45, 2.75) is 33.5 Å².